The summed E-state index contributed by atoms with van der Waals surface area (Å²) in [4.78, 5) is 23.6. The molecule has 1 unspecified atom stereocenters. The molecule has 1 fully saturated rings. The number of aliphatic carboxylic acids is 1. The Kier molecular flexibility index (Phi) is 3.85. The van der Waals surface area contributed by atoms with Crippen LogP contribution in [0.5, 0.6) is 0 Å². The van der Waals surface area contributed by atoms with Crippen LogP contribution < -0.4 is 10.6 Å². The molecule has 1 aromatic rings. The van der Waals surface area contributed by atoms with Crippen LogP contribution in [0.1, 0.15) is 24.9 Å². The summed E-state index contributed by atoms with van der Waals surface area (Å²) in [7, 11) is 0. The summed E-state index contributed by atoms with van der Waals surface area (Å²) < 4.78 is 0. The highest BCUT2D eigenvalue weighted by molar-refractivity contribution is 5.88. The van der Waals surface area contributed by atoms with E-state index >= 15 is 0 Å². The van der Waals surface area contributed by atoms with Gasteiger partial charge in [-0.25, -0.2) is 4.79 Å². The lowest BCUT2D eigenvalue weighted by atomic mass is 9.88. The van der Waals surface area contributed by atoms with Gasteiger partial charge in [-0.1, -0.05) is 30.3 Å². The first-order valence-electron chi connectivity index (χ1n) is 6.32. The third kappa shape index (κ3) is 2.93. The molecule has 0 saturated carbocycles. The van der Waals surface area contributed by atoms with Crippen LogP contribution in [0, 0.1) is 5.41 Å². The molecule has 2 atom stereocenters. The van der Waals surface area contributed by atoms with E-state index in [9.17, 15) is 14.7 Å². The molecule has 102 valence electrons. The molecule has 2 rings (SSSR count). The lowest BCUT2D eigenvalue weighted by molar-refractivity contribution is -0.143. The predicted molar refractivity (Wildman–Crippen MR) is 70.6 cm³/mol. The molecule has 1 aromatic carbocycles. The third-order valence-electron chi connectivity index (χ3n) is 3.57. The Morgan fingerprint density at radius 3 is 2.58 bits per heavy atom. The summed E-state index contributed by atoms with van der Waals surface area (Å²) in [5, 5.41) is 15.0. The Morgan fingerprint density at radius 2 is 2.05 bits per heavy atom. The number of amides is 1. The molecule has 3 N–H and O–H groups in total. The monoisotopic (exact) mass is 262 g/mol. The van der Waals surface area contributed by atoms with Gasteiger partial charge in [0.1, 0.15) is 0 Å². The predicted octanol–water partition coefficient (Wildman–Crippen LogP) is 0.928. The SMILES string of the molecule is CC1(C(=O)N[C@@H](C(=O)O)c2ccccc2)CCNC1. The lowest BCUT2D eigenvalue weighted by Crippen LogP contribution is -2.44. The van der Waals surface area contributed by atoms with Gasteiger partial charge in [-0.15, -0.1) is 0 Å². The van der Waals surface area contributed by atoms with Gasteiger partial charge in [0.05, 0.1) is 5.41 Å². The van der Waals surface area contributed by atoms with Crippen LogP contribution in [0.15, 0.2) is 30.3 Å². The maximum Gasteiger partial charge on any atom is 0.330 e. The van der Waals surface area contributed by atoms with Gasteiger partial charge in [-0.05, 0) is 25.5 Å². The van der Waals surface area contributed by atoms with Gasteiger partial charge in [0.15, 0.2) is 6.04 Å². The first-order valence-corrected chi connectivity index (χ1v) is 6.32. The summed E-state index contributed by atoms with van der Waals surface area (Å²) in [6.07, 6.45) is 0.722. The van der Waals surface area contributed by atoms with Crippen LogP contribution in [0.3, 0.4) is 0 Å². The molecule has 1 heterocycles. The topological polar surface area (TPSA) is 78.4 Å². The second-order valence-corrected chi connectivity index (χ2v) is 5.14. The average molecular weight is 262 g/mol. The van der Waals surface area contributed by atoms with Gasteiger partial charge in [0, 0.05) is 6.54 Å². The maximum atomic E-state index is 12.2. The van der Waals surface area contributed by atoms with Crippen LogP contribution in [-0.2, 0) is 9.59 Å². The molecule has 5 heteroatoms. The Morgan fingerprint density at radius 1 is 1.37 bits per heavy atom. The Balaban J connectivity index is 2.14. The molecule has 1 aliphatic heterocycles. The van der Waals surface area contributed by atoms with Crippen LogP contribution in [0.25, 0.3) is 0 Å². The second kappa shape index (κ2) is 5.40. The van der Waals surface area contributed by atoms with Crippen molar-refractivity contribution in [2.75, 3.05) is 13.1 Å². The van der Waals surface area contributed by atoms with Crippen molar-refractivity contribution in [2.24, 2.45) is 5.41 Å². The highest BCUT2D eigenvalue weighted by atomic mass is 16.4. The lowest BCUT2D eigenvalue weighted by Gasteiger charge is -2.24. The van der Waals surface area contributed by atoms with Crippen molar-refractivity contribution in [3.63, 3.8) is 0 Å². The Bertz CT molecular complexity index is 467. The molecule has 1 aliphatic rings. The smallest absolute Gasteiger partial charge is 0.330 e. The van der Waals surface area contributed by atoms with Crippen LogP contribution in [-0.4, -0.2) is 30.1 Å². The second-order valence-electron chi connectivity index (χ2n) is 5.14. The number of hydrogen-bond acceptors (Lipinski definition) is 3. The van der Waals surface area contributed by atoms with Gasteiger partial charge in [-0.2, -0.15) is 0 Å². The van der Waals surface area contributed by atoms with E-state index in [2.05, 4.69) is 10.6 Å². The molecule has 5 nitrogen and oxygen atoms in total. The number of carbonyl (C=O) groups is 2. The fourth-order valence-corrected chi connectivity index (χ4v) is 2.25. The number of carboxylic acid groups (broad SMARTS) is 1. The minimum Gasteiger partial charge on any atom is -0.479 e. The zero-order valence-electron chi connectivity index (χ0n) is 10.8. The van der Waals surface area contributed by atoms with Crippen LogP contribution in [0.4, 0.5) is 0 Å². The van der Waals surface area contributed by atoms with Crippen molar-refractivity contribution < 1.29 is 14.7 Å². The number of rotatable bonds is 4. The molecule has 1 saturated heterocycles. The molecule has 0 aromatic heterocycles. The Hall–Kier alpha value is -1.88. The fraction of sp³-hybridized carbons (Fsp3) is 0.429. The highest BCUT2D eigenvalue weighted by Crippen LogP contribution is 2.26. The number of benzene rings is 1. The summed E-state index contributed by atoms with van der Waals surface area (Å²) >= 11 is 0. The van der Waals surface area contributed by atoms with Gasteiger partial charge in [0.25, 0.3) is 0 Å². The summed E-state index contributed by atoms with van der Waals surface area (Å²) in [5.74, 6) is -1.26. The van der Waals surface area contributed by atoms with E-state index in [0.29, 0.717) is 12.1 Å². The largest absolute Gasteiger partial charge is 0.479 e. The van der Waals surface area contributed by atoms with Gasteiger partial charge in [0.2, 0.25) is 5.91 Å². The molecule has 0 bridgehead atoms. The molecular formula is C14H18N2O3. The summed E-state index contributed by atoms with van der Waals surface area (Å²) in [6.45, 7) is 3.22. The number of hydrogen-bond donors (Lipinski definition) is 3. The molecule has 1 amide bonds. The summed E-state index contributed by atoms with van der Waals surface area (Å²) in [5.41, 5.74) is 0.0561. The van der Waals surface area contributed by atoms with E-state index < -0.39 is 17.4 Å². The van der Waals surface area contributed by atoms with E-state index in [1.54, 1.807) is 24.3 Å². The molecule has 0 spiro atoms. The number of carbonyl (C=O) groups excluding carboxylic acids is 1. The highest BCUT2D eigenvalue weighted by Gasteiger charge is 2.38. The standard InChI is InChI=1S/C14H18N2O3/c1-14(7-8-15-9-14)13(19)16-11(12(17)18)10-5-3-2-4-6-10/h2-6,11,15H,7-9H2,1H3,(H,16,19)(H,17,18)/t11-,14?/m1/s1. The van der Waals surface area contributed by atoms with E-state index in [4.69, 9.17) is 0 Å². The number of carboxylic acids is 1. The minimum atomic E-state index is -1.05. The van der Waals surface area contributed by atoms with E-state index in [0.717, 1.165) is 13.0 Å². The Labute approximate surface area is 112 Å². The van der Waals surface area contributed by atoms with Crippen molar-refractivity contribution in [3.8, 4) is 0 Å². The third-order valence-corrected chi connectivity index (χ3v) is 3.57. The van der Waals surface area contributed by atoms with E-state index in [1.165, 1.54) is 0 Å². The van der Waals surface area contributed by atoms with Gasteiger partial charge >= 0.3 is 5.97 Å². The first-order chi connectivity index (χ1) is 9.03. The zero-order chi connectivity index (χ0) is 13.9. The van der Waals surface area contributed by atoms with E-state index in [-0.39, 0.29) is 5.91 Å². The van der Waals surface area contributed by atoms with Crippen molar-refractivity contribution in [1.82, 2.24) is 10.6 Å². The van der Waals surface area contributed by atoms with E-state index in [1.807, 2.05) is 13.0 Å². The van der Waals surface area contributed by atoms with Crippen molar-refractivity contribution in [2.45, 2.75) is 19.4 Å². The molecule has 0 aliphatic carbocycles. The molecule has 19 heavy (non-hydrogen) atoms. The van der Waals surface area contributed by atoms with Crippen molar-refractivity contribution >= 4 is 11.9 Å². The minimum absolute atomic E-state index is 0.214. The quantitative estimate of drug-likeness (QED) is 0.754. The number of nitrogens with one attached hydrogen (secondary N) is 2. The summed E-state index contributed by atoms with van der Waals surface area (Å²) in [6, 6.07) is 7.74. The first kappa shape index (κ1) is 13.5. The molecule has 0 radical (unpaired) electrons. The maximum absolute atomic E-state index is 12.2. The fourth-order valence-electron chi connectivity index (χ4n) is 2.25. The van der Waals surface area contributed by atoms with Gasteiger partial charge in [-0.3, -0.25) is 4.79 Å². The van der Waals surface area contributed by atoms with Crippen LogP contribution in [0.2, 0.25) is 0 Å². The zero-order valence-corrected chi connectivity index (χ0v) is 10.8. The average Bonchev–Trinajstić information content (AvgIpc) is 2.84. The van der Waals surface area contributed by atoms with Crippen molar-refractivity contribution in [1.29, 1.82) is 0 Å². The van der Waals surface area contributed by atoms with Gasteiger partial charge < -0.3 is 15.7 Å². The normalized spacial score (nSPS) is 23.8. The van der Waals surface area contributed by atoms with Crippen LogP contribution >= 0.6 is 0 Å². The molecular weight excluding hydrogens is 244 g/mol. The van der Waals surface area contributed by atoms with Crippen molar-refractivity contribution in [3.05, 3.63) is 35.9 Å².